The highest BCUT2D eigenvalue weighted by Crippen LogP contribution is 2.33. The summed E-state index contributed by atoms with van der Waals surface area (Å²) < 4.78 is 23.4. The van der Waals surface area contributed by atoms with Crippen molar-refractivity contribution in [1.82, 2.24) is 5.32 Å². The number of carbonyl (C=O) groups is 1. The molecule has 0 aromatic heterocycles. The predicted octanol–water partition coefficient (Wildman–Crippen LogP) is 3.78. The maximum absolute atomic E-state index is 12.0. The third-order valence-electron chi connectivity index (χ3n) is 3.28. The van der Waals surface area contributed by atoms with Crippen LogP contribution in [-0.4, -0.2) is 27.1 Å². The van der Waals surface area contributed by atoms with E-state index in [4.69, 9.17) is 34.8 Å². The van der Waals surface area contributed by atoms with Crippen LogP contribution in [0.1, 0.15) is 5.56 Å². The summed E-state index contributed by atoms with van der Waals surface area (Å²) in [7, 11) is -3.54. The Morgan fingerprint density at radius 2 is 1.80 bits per heavy atom. The quantitative estimate of drug-likeness (QED) is 0.744. The van der Waals surface area contributed by atoms with E-state index in [1.54, 1.807) is 12.1 Å². The lowest BCUT2D eigenvalue weighted by atomic mass is 10.2. The molecule has 0 spiro atoms. The lowest BCUT2D eigenvalue weighted by Gasteiger charge is -2.12. The van der Waals surface area contributed by atoms with Crippen LogP contribution in [0.25, 0.3) is 0 Å². The number of hydrogen-bond donors (Lipinski definition) is 2. The Morgan fingerprint density at radius 1 is 1.12 bits per heavy atom. The standard InChI is InChI=1S/C16H15Cl3N2O3S/c1-25(23,24)14-7-11(17)6-13(16(14)19)20-9-15(22)21-8-10-4-2-3-5-12(10)18/h2-7,20H,8-9H2,1H3,(H,21,22). The van der Waals surface area contributed by atoms with Gasteiger partial charge in [-0.3, -0.25) is 4.79 Å². The van der Waals surface area contributed by atoms with Crippen molar-refractivity contribution >= 4 is 56.2 Å². The first-order valence-electron chi connectivity index (χ1n) is 7.11. The minimum atomic E-state index is -3.54. The monoisotopic (exact) mass is 420 g/mol. The van der Waals surface area contributed by atoms with Crippen molar-refractivity contribution in [2.75, 3.05) is 18.1 Å². The Balaban J connectivity index is 2.03. The van der Waals surface area contributed by atoms with Crippen LogP contribution in [0.5, 0.6) is 0 Å². The number of rotatable bonds is 6. The van der Waals surface area contributed by atoms with E-state index in [1.165, 1.54) is 12.1 Å². The van der Waals surface area contributed by atoms with E-state index in [2.05, 4.69) is 10.6 Å². The summed E-state index contributed by atoms with van der Waals surface area (Å²) in [6, 6.07) is 9.89. The van der Waals surface area contributed by atoms with Crippen LogP contribution >= 0.6 is 34.8 Å². The maximum Gasteiger partial charge on any atom is 0.239 e. The van der Waals surface area contributed by atoms with Crippen LogP contribution in [0, 0.1) is 0 Å². The SMILES string of the molecule is CS(=O)(=O)c1cc(Cl)cc(NCC(=O)NCc2ccccc2Cl)c1Cl. The van der Waals surface area contributed by atoms with Gasteiger partial charge >= 0.3 is 0 Å². The molecular weight excluding hydrogens is 407 g/mol. The second-order valence-corrected chi connectivity index (χ2v) is 8.47. The molecule has 0 saturated heterocycles. The van der Waals surface area contributed by atoms with Gasteiger partial charge in [0.25, 0.3) is 0 Å². The van der Waals surface area contributed by atoms with Gasteiger partial charge in [-0.15, -0.1) is 0 Å². The number of benzene rings is 2. The summed E-state index contributed by atoms with van der Waals surface area (Å²) in [6.07, 6.45) is 1.03. The zero-order valence-electron chi connectivity index (χ0n) is 13.1. The number of amides is 1. The number of anilines is 1. The third-order valence-corrected chi connectivity index (χ3v) is 5.50. The zero-order valence-corrected chi connectivity index (χ0v) is 16.2. The summed E-state index contributed by atoms with van der Waals surface area (Å²) >= 11 is 18.0. The van der Waals surface area contributed by atoms with E-state index in [0.717, 1.165) is 11.8 Å². The van der Waals surface area contributed by atoms with Crippen LogP contribution < -0.4 is 10.6 Å². The fraction of sp³-hybridized carbons (Fsp3) is 0.188. The number of carbonyl (C=O) groups excluding carboxylic acids is 1. The zero-order chi connectivity index (χ0) is 18.6. The first-order valence-corrected chi connectivity index (χ1v) is 10.1. The van der Waals surface area contributed by atoms with Gasteiger partial charge in [-0.25, -0.2) is 8.42 Å². The molecule has 0 aliphatic carbocycles. The fourth-order valence-corrected chi connectivity index (χ4v) is 3.89. The van der Waals surface area contributed by atoms with E-state index >= 15 is 0 Å². The van der Waals surface area contributed by atoms with E-state index in [1.807, 2.05) is 12.1 Å². The molecule has 0 heterocycles. The Hall–Kier alpha value is -1.47. The van der Waals surface area contributed by atoms with Crippen LogP contribution in [0.4, 0.5) is 5.69 Å². The minimum Gasteiger partial charge on any atom is -0.375 e. The topological polar surface area (TPSA) is 75.3 Å². The molecule has 2 aromatic rings. The van der Waals surface area contributed by atoms with E-state index < -0.39 is 9.84 Å². The highest BCUT2D eigenvalue weighted by molar-refractivity contribution is 7.90. The molecule has 0 unspecified atom stereocenters. The Morgan fingerprint density at radius 3 is 2.44 bits per heavy atom. The van der Waals surface area contributed by atoms with E-state index in [9.17, 15) is 13.2 Å². The van der Waals surface area contributed by atoms with E-state index in [-0.39, 0.29) is 39.6 Å². The van der Waals surface area contributed by atoms with Crippen LogP contribution in [0.2, 0.25) is 15.1 Å². The van der Waals surface area contributed by atoms with Crippen molar-refractivity contribution in [2.45, 2.75) is 11.4 Å². The molecule has 2 rings (SSSR count). The van der Waals surface area contributed by atoms with Crippen LogP contribution in [0.3, 0.4) is 0 Å². The van der Waals surface area contributed by atoms with Gasteiger partial charge < -0.3 is 10.6 Å². The number of halogens is 3. The Labute approximate surface area is 161 Å². The van der Waals surface area contributed by atoms with Crippen molar-refractivity contribution in [3.63, 3.8) is 0 Å². The second kappa shape index (κ2) is 8.27. The van der Waals surface area contributed by atoms with Crippen LogP contribution in [0.15, 0.2) is 41.3 Å². The second-order valence-electron chi connectivity index (χ2n) is 5.26. The largest absolute Gasteiger partial charge is 0.375 e. The van der Waals surface area contributed by atoms with Gasteiger partial charge in [-0.2, -0.15) is 0 Å². The van der Waals surface area contributed by atoms with Crippen molar-refractivity contribution in [2.24, 2.45) is 0 Å². The lowest BCUT2D eigenvalue weighted by Crippen LogP contribution is -2.29. The summed E-state index contributed by atoms with van der Waals surface area (Å²) in [6.45, 7) is 0.172. The van der Waals surface area contributed by atoms with Gasteiger partial charge in [0, 0.05) is 22.8 Å². The molecule has 134 valence electrons. The fourth-order valence-electron chi connectivity index (χ4n) is 2.04. The Bertz CT molecular complexity index is 901. The molecule has 0 aliphatic heterocycles. The summed E-state index contributed by atoms with van der Waals surface area (Å²) in [5.41, 5.74) is 1.06. The normalized spacial score (nSPS) is 11.2. The molecule has 5 nitrogen and oxygen atoms in total. The van der Waals surface area contributed by atoms with Gasteiger partial charge in [-0.05, 0) is 23.8 Å². The lowest BCUT2D eigenvalue weighted by molar-refractivity contribution is -0.119. The average Bonchev–Trinajstić information content (AvgIpc) is 2.53. The van der Waals surface area contributed by atoms with Crippen molar-refractivity contribution in [3.8, 4) is 0 Å². The molecule has 0 saturated carbocycles. The van der Waals surface area contributed by atoms with Crippen molar-refractivity contribution < 1.29 is 13.2 Å². The van der Waals surface area contributed by atoms with Crippen LogP contribution in [-0.2, 0) is 21.2 Å². The van der Waals surface area contributed by atoms with Gasteiger partial charge in [0.1, 0.15) is 0 Å². The highest BCUT2D eigenvalue weighted by atomic mass is 35.5. The molecular formula is C16H15Cl3N2O3S. The molecule has 0 atom stereocenters. The average molecular weight is 422 g/mol. The number of nitrogens with one attached hydrogen (secondary N) is 2. The molecule has 0 bridgehead atoms. The Kier molecular flexibility index (Phi) is 6.57. The molecule has 0 aliphatic rings. The molecule has 2 N–H and O–H groups in total. The van der Waals surface area contributed by atoms with Crippen molar-refractivity contribution in [1.29, 1.82) is 0 Å². The van der Waals surface area contributed by atoms with Gasteiger partial charge in [0.15, 0.2) is 9.84 Å². The smallest absolute Gasteiger partial charge is 0.239 e. The summed E-state index contributed by atoms with van der Waals surface area (Å²) in [5, 5.41) is 6.25. The predicted molar refractivity (Wildman–Crippen MR) is 101 cm³/mol. The molecule has 1 amide bonds. The molecule has 2 aromatic carbocycles. The maximum atomic E-state index is 12.0. The molecule has 9 heteroatoms. The first kappa shape index (κ1) is 19.8. The minimum absolute atomic E-state index is 0.00851. The number of hydrogen-bond acceptors (Lipinski definition) is 4. The van der Waals surface area contributed by atoms with E-state index in [0.29, 0.717) is 5.02 Å². The molecule has 0 fully saturated rings. The summed E-state index contributed by atoms with van der Waals surface area (Å²) in [5.74, 6) is -0.308. The van der Waals surface area contributed by atoms with Gasteiger partial charge in [-0.1, -0.05) is 53.0 Å². The molecule has 25 heavy (non-hydrogen) atoms. The first-order chi connectivity index (χ1) is 11.7. The number of sulfone groups is 1. The van der Waals surface area contributed by atoms with Gasteiger partial charge in [0.05, 0.1) is 22.2 Å². The van der Waals surface area contributed by atoms with Gasteiger partial charge in [0.2, 0.25) is 5.91 Å². The summed E-state index contributed by atoms with van der Waals surface area (Å²) in [4.78, 5) is 11.9. The van der Waals surface area contributed by atoms with Crippen molar-refractivity contribution in [3.05, 3.63) is 57.0 Å². The molecule has 0 radical (unpaired) electrons. The third kappa shape index (κ3) is 5.51. The highest BCUT2D eigenvalue weighted by Gasteiger charge is 2.17.